The van der Waals surface area contributed by atoms with Crippen LogP contribution in [0.15, 0.2) is 117 Å². The Morgan fingerprint density at radius 3 is 2.22 bits per heavy atom. The zero-order valence-corrected chi connectivity index (χ0v) is 22.4. The first-order chi connectivity index (χ1) is 18.1. The molecule has 37 heavy (non-hydrogen) atoms. The molecule has 1 amide bonds. The standard InChI is InChI=1S/C30H23BrN2O3S/c1-35-26-17-22(25(31)19-27(26)36-20-21-11-5-2-6-12-21)18-28-29(34)33(24-15-9-4-10-16-24)30(37-28)32-23-13-7-3-8-14-23/h2-19H,20H2,1H3/b28-18+,32-30?. The van der Waals surface area contributed by atoms with E-state index in [2.05, 4.69) is 15.9 Å². The summed E-state index contributed by atoms with van der Waals surface area (Å²) in [4.78, 5) is 20.6. The summed E-state index contributed by atoms with van der Waals surface area (Å²) < 4.78 is 12.4. The molecule has 5 nitrogen and oxygen atoms in total. The van der Waals surface area contributed by atoms with E-state index >= 15 is 0 Å². The summed E-state index contributed by atoms with van der Waals surface area (Å²) in [7, 11) is 1.60. The van der Waals surface area contributed by atoms with Crippen LogP contribution in [0.25, 0.3) is 6.08 Å². The Balaban J connectivity index is 1.47. The van der Waals surface area contributed by atoms with Gasteiger partial charge in [-0.3, -0.25) is 9.69 Å². The Morgan fingerprint density at radius 1 is 0.892 bits per heavy atom. The minimum Gasteiger partial charge on any atom is -0.493 e. The smallest absolute Gasteiger partial charge is 0.271 e. The van der Waals surface area contributed by atoms with Gasteiger partial charge in [-0.1, -0.05) is 82.7 Å². The minimum atomic E-state index is -0.138. The number of methoxy groups -OCH3 is 1. The Hall–Kier alpha value is -3.81. The van der Waals surface area contributed by atoms with Crippen molar-refractivity contribution in [2.75, 3.05) is 12.0 Å². The van der Waals surface area contributed by atoms with Crippen LogP contribution >= 0.6 is 27.7 Å². The highest BCUT2D eigenvalue weighted by atomic mass is 79.9. The fourth-order valence-corrected chi connectivity index (χ4v) is 5.21. The highest BCUT2D eigenvalue weighted by Crippen LogP contribution is 2.40. The summed E-state index contributed by atoms with van der Waals surface area (Å²) in [6.07, 6.45) is 1.85. The molecule has 0 N–H and O–H groups in total. The van der Waals surface area contributed by atoms with Gasteiger partial charge in [0.25, 0.3) is 5.91 Å². The van der Waals surface area contributed by atoms with Gasteiger partial charge in [-0.2, -0.15) is 0 Å². The van der Waals surface area contributed by atoms with Crippen molar-refractivity contribution in [1.82, 2.24) is 0 Å². The predicted molar refractivity (Wildman–Crippen MR) is 155 cm³/mol. The van der Waals surface area contributed by atoms with Crippen molar-refractivity contribution >= 4 is 56.2 Å². The number of carbonyl (C=O) groups excluding carboxylic acids is 1. The van der Waals surface area contributed by atoms with Crippen molar-refractivity contribution in [3.63, 3.8) is 0 Å². The van der Waals surface area contributed by atoms with E-state index in [-0.39, 0.29) is 5.91 Å². The number of hydrogen-bond donors (Lipinski definition) is 0. The summed E-state index contributed by atoms with van der Waals surface area (Å²) in [6.45, 7) is 0.420. The lowest BCUT2D eigenvalue weighted by Gasteiger charge is -2.15. The van der Waals surface area contributed by atoms with Gasteiger partial charge in [0.05, 0.1) is 23.4 Å². The van der Waals surface area contributed by atoms with Gasteiger partial charge in [-0.05, 0) is 65.4 Å². The van der Waals surface area contributed by atoms with Crippen molar-refractivity contribution in [1.29, 1.82) is 0 Å². The van der Waals surface area contributed by atoms with Crippen LogP contribution in [0.1, 0.15) is 11.1 Å². The fraction of sp³-hybridized carbons (Fsp3) is 0.0667. The molecule has 184 valence electrons. The molecule has 1 aliphatic heterocycles. The molecule has 1 aliphatic rings. The number of thioether (sulfide) groups is 1. The molecular formula is C30H23BrN2O3S. The van der Waals surface area contributed by atoms with Crippen LogP contribution in [-0.2, 0) is 11.4 Å². The van der Waals surface area contributed by atoms with E-state index in [1.165, 1.54) is 11.8 Å². The summed E-state index contributed by atoms with van der Waals surface area (Å²) in [6, 6.07) is 32.8. The highest BCUT2D eigenvalue weighted by molar-refractivity contribution is 9.10. The molecule has 0 saturated carbocycles. The lowest BCUT2D eigenvalue weighted by molar-refractivity contribution is -0.113. The molecule has 0 unspecified atom stereocenters. The molecule has 1 fully saturated rings. The van der Waals surface area contributed by atoms with Crippen LogP contribution in [0.4, 0.5) is 11.4 Å². The lowest BCUT2D eigenvalue weighted by Crippen LogP contribution is -2.28. The van der Waals surface area contributed by atoms with E-state index in [1.54, 1.807) is 12.0 Å². The number of benzene rings is 4. The molecule has 0 radical (unpaired) electrons. The van der Waals surface area contributed by atoms with E-state index in [9.17, 15) is 4.79 Å². The first-order valence-electron chi connectivity index (χ1n) is 11.6. The molecule has 1 heterocycles. The third-order valence-electron chi connectivity index (χ3n) is 5.61. The predicted octanol–water partition coefficient (Wildman–Crippen LogP) is 7.85. The number of amides is 1. The van der Waals surface area contributed by atoms with Crippen LogP contribution in [0.5, 0.6) is 11.5 Å². The van der Waals surface area contributed by atoms with E-state index in [0.717, 1.165) is 27.0 Å². The normalized spacial score (nSPS) is 15.4. The SMILES string of the molecule is COc1cc(/C=C2/SC(=Nc3ccccc3)N(c3ccccc3)C2=O)c(Br)cc1OCc1ccccc1. The first-order valence-corrected chi connectivity index (χ1v) is 13.2. The molecule has 0 spiro atoms. The number of para-hydroxylation sites is 2. The van der Waals surface area contributed by atoms with E-state index in [4.69, 9.17) is 14.5 Å². The Kier molecular flexibility index (Phi) is 7.73. The van der Waals surface area contributed by atoms with Gasteiger partial charge in [0, 0.05) is 4.47 Å². The number of anilines is 1. The van der Waals surface area contributed by atoms with Crippen molar-refractivity contribution in [2.24, 2.45) is 4.99 Å². The van der Waals surface area contributed by atoms with E-state index in [1.807, 2.05) is 109 Å². The summed E-state index contributed by atoms with van der Waals surface area (Å²) in [5.41, 5.74) is 3.40. The molecule has 0 atom stereocenters. The number of hydrogen-bond acceptors (Lipinski definition) is 5. The summed E-state index contributed by atoms with van der Waals surface area (Å²) >= 11 is 4.99. The number of carbonyl (C=O) groups is 1. The molecule has 7 heteroatoms. The van der Waals surface area contributed by atoms with Crippen LogP contribution in [0, 0.1) is 0 Å². The fourth-order valence-electron chi connectivity index (χ4n) is 3.78. The van der Waals surface area contributed by atoms with Crippen molar-refractivity contribution < 1.29 is 14.3 Å². The zero-order valence-electron chi connectivity index (χ0n) is 20.0. The van der Waals surface area contributed by atoms with Crippen molar-refractivity contribution in [3.05, 3.63) is 124 Å². The molecule has 5 rings (SSSR count). The van der Waals surface area contributed by atoms with Gasteiger partial charge < -0.3 is 9.47 Å². The van der Waals surface area contributed by atoms with Gasteiger partial charge in [0.1, 0.15) is 6.61 Å². The van der Waals surface area contributed by atoms with Crippen molar-refractivity contribution in [3.8, 4) is 11.5 Å². The number of nitrogens with zero attached hydrogens (tertiary/aromatic N) is 2. The zero-order chi connectivity index (χ0) is 25.6. The van der Waals surface area contributed by atoms with Gasteiger partial charge in [-0.25, -0.2) is 4.99 Å². The van der Waals surface area contributed by atoms with Gasteiger partial charge in [0.2, 0.25) is 0 Å². The number of amidine groups is 1. The van der Waals surface area contributed by atoms with Gasteiger partial charge in [-0.15, -0.1) is 0 Å². The number of halogens is 1. The summed E-state index contributed by atoms with van der Waals surface area (Å²) in [5.74, 6) is 1.06. The average molecular weight is 571 g/mol. The molecule has 4 aromatic carbocycles. The molecule has 1 saturated heterocycles. The number of aliphatic imine (C=N–C) groups is 1. The van der Waals surface area contributed by atoms with E-state index in [0.29, 0.717) is 28.2 Å². The van der Waals surface area contributed by atoms with Crippen LogP contribution in [0.3, 0.4) is 0 Å². The maximum atomic E-state index is 13.6. The average Bonchev–Trinajstić information content (AvgIpc) is 3.24. The Morgan fingerprint density at radius 2 is 1.54 bits per heavy atom. The lowest BCUT2D eigenvalue weighted by atomic mass is 10.1. The second kappa shape index (κ2) is 11.5. The molecule has 0 aliphatic carbocycles. The monoisotopic (exact) mass is 570 g/mol. The molecule has 4 aromatic rings. The molecular weight excluding hydrogens is 548 g/mol. The van der Waals surface area contributed by atoms with Gasteiger partial charge >= 0.3 is 0 Å². The minimum absolute atomic E-state index is 0.138. The second-order valence-corrected chi connectivity index (χ2v) is 9.98. The topological polar surface area (TPSA) is 51.1 Å². The number of rotatable bonds is 7. The Bertz CT molecular complexity index is 1460. The maximum Gasteiger partial charge on any atom is 0.271 e. The molecule has 0 aromatic heterocycles. The van der Waals surface area contributed by atoms with Crippen molar-refractivity contribution in [2.45, 2.75) is 6.61 Å². The number of ether oxygens (including phenoxy) is 2. The largest absolute Gasteiger partial charge is 0.493 e. The van der Waals surface area contributed by atoms with Gasteiger partial charge in [0.15, 0.2) is 16.7 Å². The first kappa shape index (κ1) is 24.9. The highest BCUT2D eigenvalue weighted by Gasteiger charge is 2.35. The van der Waals surface area contributed by atoms with E-state index < -0.39 is 0 Å². The van der Waals surface area contributed by atoms with Crippen LogP contribution in [-0.4, -0.2) is 18.2 Å². The third kappa shape index (κ3) is 5.79. The van der Waals surface area contributed by atoms with Crippen LogP contribution < -0.4 is 14.4 Å². The Labute approximate surface area is 228 Å². The third-order valence-corrected chi connectivity index (χ3v) is 7.26. The maximum absolute atomic E-state index is 13.6. The molecule has 0 bridgehead atoms. The summed E-state index contributed by atoms with van der Waals surface area (Å²) in [5, 5.41) is 0.597. The quantitative estimate of drug-likeness (QED) is 0.212. The van der Waals surface area contributed by atoms with Crippen LogP contribution in [0.2, 0.25) is 0 Å². The second-order valence-electron chi connectivity index (χ2n) is 8.12.